The molecule has 0 aliphatic carbocycles. The summed E-state index contributed by atoms with van der Waals surface area (Å²) in [6.07, 6.45) is 0. The Morgan fingerprint density at radius 3 is 2.83 bits per heavy atom. The Kier molecular flexibility index (Phi) is 1.99. The van der Waals surface area contributed by atoms with E-state index in [-0.39, 0.29) is 0 Å². The van der Waals surface area contributed by atoms with E-state index in [4.69, 9.17) is 23.2 Å². The van der Waals surface area contributed by atoms with Gasteiger partial charge in [0, 0.05) is 5.02 Å². The van der Waals surface area contributed by atoms with Gasteiger partial charge in [0.1, 0.15) is 0 Å². The van der Waals surface area contributed by atoms with Crippen LogP contribution in [0.3, 0.4) is 0 Å². The summed E-state index contributed by atoms with van der Waals surface area (Å²) in [5, 5.41) is 0.740. The normalized spacial score (nSPS) is 10.9. The molecule has 0 fully saturated rings. The van der Waals surface area contributed by atoms with Gasteiger partial charge in [0.05, 0.1) is 10.2 Å². The van der Waals surface area contributed by atoms with Crippen molar-refractivity contribution < 1.29 is 0 Å². The monoisotopic (exact) mass is 217 g/mol. The van der Waals surface area contributed by atoms with E-state index >= 15 is 0 Å². The van der Waals surface area contributed by atoms with Gasteiger partial charge < -0.3 is 0 Å². The molecule has 2 rings (SSSR count). The number of nitrogens with zero attached hydrogens (tertiary/aromatic N) is 1. The van der Waals surface area contributed by atoms with E-state index in [2.05, 4.69) is 4.98 Å². The summed E-state index contributed by atoms with van der Waals surface area (Å²) in [4.78, 5) is 4.17. The maximum absolute atomic E-state index is 5.92. The van der Waals surface area contributed by atoms with Gasteiger partial charge in [-0.1, -0.05) is 23.2 Å². The zero-order chi connectivity index (χ0) is 8.72. The van der Waals surface area contributed by atoms with Crippen LogP contribution in [0, 0.1) is 6.92 Å². The summed E-state index contributed by atoms with van der Waals surface area (Å²) in [6, 6.07) is 3.81. The van der Waals surface area contributed by atoms with Gasteiger partial charge in [-0.3, -0.25) is 0 Å². The van der Waals surface area contributed by atoms with Crippen molar-refractivity contribution in [3.63, 3.8) is 0 Å². The predicted molar refractivity (Wildman–Crippen MR) is 54.4 cm³/mol. The molecule has 12 heavy (non-hydrogen) atoms. The Morgan fingerprint density at radius 2 is 2.08 bits per heavy atom. The first-order valence-corrected chi connectivity index (χ1v) is 4.97. The molecule has 0 N–H and O–H groups in total. The Labute approximate surface area is 83.9 Å². The predicted octanol–water partition coefficient (Wildman–Crippen LogP) is 3.91. The molecular weight excluding hydrogens is 213 g/mol. The molecule has 62 valence electrons. The van der Waals surface area contributed by atoms with E-state index in [1.165, 1.54) is 11.3 Å². The van der Waals surface area contributed by atoms with Crippen molar-refractivity contribution >= 4 is 44.8 Å². The van der Waals surface area contributed by atoms with Gasteiger partial charge in [-0.15, -0.1) is 11.3 Å². The fourth-order valence-corrected chi connectivity index (χ4v) is 2.31. The number of aromatic nitrogens is 1. The highest BCUT2D eigenvalue weighted by Crippen LogP contribution is 2.30. The SMILES string of the molecule is Cc1c(Cl)ccc2sc(Cl)nc12. The molecule has 1 aromatic heterocycles. The lowest BCUT2D eigenvalue weighted by atomic mass is 10.2. The zero-order valence-corrected chi connectivity index (χ0v) is 8.59. The highest BCUT2D eigenvalue weighted by Gasteiger charge is 2.06. The van der Waals surface area contributed by atoms with Crippen molar-refractivity contribution in [2.24, 2.45) is 0 Å². The van der Waals surface area contributed by atoms with Gasteiger partial charge in [0.25, 0.3) is 0 Å². The number of aryl methyl sites for hydroxylation is 1. The lowest BCUT2D eigenvalue weighted by Gasteiger charge is -1.95. The number of rotatable bonds is 0. The molecule has 1 nitrogen and oxygen atoms in total. The third-order valence-corrected chi connectivity index (χ3v) is 3.26. The molecule has 0 radical (unpaired) electrons. The van der Waals surface area contributed by atoms with E-state index in [1.54, 1.807) is 0 Å². The first kappa shape index (κ1) is 8.30. The topological polar surface area (TPSA) is 12.9 Å². The quantitative estimate of drug-likeness (QED) is 0.653. The van der Waals surface area contributed by atoms with Gasteiger partial charge in [0.15, 0.2) is 4.47 Å². The molecular formula is C8H5Cl2NS. The average molecular weight is 218 g/mol. The van der Waals surface area contributed by atoms with E-state index in [0.29, 0.717) is 4.47 Å². The second kappa shape index (κ2) is 2.87. The molecule has 0 unspecified atom stereocenters. The summed E-state index contributed by atoms with van der Waals surface area (Å²) in [7, 11) is 0. The number of hydrogen-bond donors (Lipinski definition) is 0. The summed E-state index contributed by atoms with van der Waals surface area (Å²) in [5.74, 6) is 0. The Hall–Kier alpha value is -0.310. The molecule has 1 aromatic carbocycles. The standard InChI is InChI=1S/C8H5Cl2NS/c1-4-5(9)2-3-6-7(4)11-8(10)12-6/h2-3H,1H3. The highest BCUT2D eigenvalue weighted by molar-refractivity contribution is 7.22. The summed E-state index contributed by atoms with van der Waals surface area (Å²) in [6.45, 7) is 1.95. The van der Waals surface area contributed by atoms with Crippen molar-refractivity contribution in [3.05, 3.63) is 27.2 Å². The van der Waals surface area contributed by atoms with Crippen LogP contribution in [-0.2, 0) is 0 Å². The van der Waals surface area contributed by atoms with Crippen LogP contribution in [0.2, 0.25) is 9.49 Å². The van der Waals surface area contributed by atoms with Gasteiger partial charge in [-0.05, 0) is 24.6 Å². The van der Waals surface area contributed by atoms with Crippen LogP contribution in [0.5, 0.6) is 0 Å². The number of halogens is 2. The van der Waals surface area contributed by atoms with Crippen LogP contribution in [0.15, 0.2) is 12.1 Å². The molecule has 1 heterocycles. The number of fused-ring (bicyclic) bond motifs is 1. The minimum Gasteiger partial charge on any atom is -0.225 e. The van der Waals surface area contributed by atoms with E-state index in [1.807, 2.05) is 19.1 Å². The lowest BCUT2D eigenvalue weighted by molar-refractivity contribution is 1.43. The Morgan fingerprint density at radius 1 is 1.33 bits per heavy atom. The Bertz CT molecular complexity index is 436. The first-order chi connectivity index (χ1) is 5.68. The first-order valence-electron chi connectivity index (χ1n) is 3.39. The minimum absolute atomic E-state index is 0.565. The molecule has 0 aliphatic heterocycles. The molecule has 2 aromatic rings. The zero-order valence-electron chi connectivity index (χ0n) is 6.27. The van der Waals surface area contributed by atoms with Crippen molar-refractivity contribution in [1.29, 1.82) is 0 Å². The lowest BCUT2D eigenvalue weighted by Crippen LogP contribution is -1.76. The van der Waals surface area contributed by atoms with Crippen molar-refractivity contribution in [2.45, 2.75) is 6.92 Å². The number of hydrogen-bond acceptors (Lipinski definition) is 2. The maximum atomic E-state index is 5.92. The Balaban J connectivity index is 2.89. The number of benzene rings is 1. The smallest absolute Gasteiger partial charge is 0.184 e. The van der Waals surface area contributed by atoms with Crippen LogP contribution in [0.25, 0.3) is 10.2 Å². The fourth-order valence-electron chi connectivity index (χ4n) is 1.07. The van der Waals surface area contributed by atoms with E-state index in [0.717, 1.165) is 20.8 Å². The average Bonchev–Trinajstić information content (AvgIpc) is 2.39. The van der Waals surface area contributed by atoms with Crippen molar-refractivity contribution in [3.8, 4) is 0 Å². The van der Waals surface area contributed by atoms with Crippen LogP contribution in [0.1, 0.15) is 5.56 Å². The van der Waals surface area contributed by atoms with Crippen molar-refractivity contribution in [2.75, 3.05) is 0 Å². The van der Waals surface area contributed by atoms with Gasteiger partial charge in [0.2, 0.25) is 0 Å². The highest BCUT2D eigenvalue weighted by atomic mass is 35.5. The third kappa shape index (κ3) is 1.20. The summed E-state index contributed by atoms with van der Waals surface area (Å²) in [5.41, 5.74) is 1.91. The largest absolute Gasteiger partial charge is 0.225 e. The maximum Gasteiger partial charge on any atom is 0.184 e. The molecule has 0 atom stereocenters. The van der Waals surface area contributed by atoms with Gasteiger partial charge >= 0.3 is 0 Å². The summed E-state index contributed by atoms with van der Waals surface area (Å²) >= 11 is 13.2. The van der Waals surface area contributed by atoms with Crippen LogP contribution in [0.4, 0.5) is 0 Å². The van der Waals surface area contributed by atoms with Crippen molar-refractivity contribution in [1.82, 2.24) is 4.98 Å². The molecule has 0 amide bonds. The third-order valence-electron chi connectivity index (χ3n) is 1.72. The van der Waals surface area contributed by atoms with Crippen LogP contribution < -0.4 is 0 Å². The van der Waals surface area contributed by atoms with Gasteiger partial charge in [-0.25, -0.2) is 4.98 Å². The number of thiazole rings is 1. The van der Waals surface area contributed by atoms with Gasteiger partial charge in [-0.2, -0.15) is 0 Å². The molecule has 0 saturated heterocycles. The van der Waals surface area contributed by atoms with E-state index < -0.39 is 0 Å². The molecule has 0 saturated carbocycles. The fraction of sp³-hybridized carbons (Fsp3) is 0.125. The molecule has 4 heteroatoms. The van der Waals surface area contributed by atoms with Crippen LogP contribution in [-0.4, -0.2) is 4.98 Å². The molecule has 0 bridgehead atoms. The minimum atomic E-state index is 0.565. The second-order valence-corrected chi connectivity index (χ2v) is 4.51. The van der Waals surface area contributed by atoms with Crippen LogP contribution >= 0.6 is 34.5 Å². The molecule has 0 aliphatic rings. The molecule has 0 spiro atoms. The summed E-state index contributed by atoms with van der Waals surface area (Å²) < 4.78 is 1.65. The second-order valence-electron chi connectivity index (χ2n) is 2.49. The van der Waals surface area contributed by atoms with E-state index in [9.17, 15) is 0 Å².